The summed E-state index contributed by atoms with van der Waals surface area (Å²) in [5.41, 5.74) is 1.81. The average Bonchev–Trinajstić information content (AvgIpc) is 3.40. The zero-order valence-corrected chi connectivity index (χ0v) is 12.5. The molecule has 5 nitrogen and oxygen atoms in total. The van der Waals surface area contributed by atoms with Gasteiger partial charge >= 0.3 is 11.9 Å². The lowest BCUT2D eigenvalue weighted by atomic mass is 10.2. The fourth-order valence-electron chi connectivity index (χ4n) is 2.18. The summed E-state index contributed by atoms with van der Waals surface area (Å²) >= 11 is 0. The number of esters is 2. The second kappa shape index (κ2) is 7.07. The number of nitrogens with one attached hydrogen (secondary N) is 1. The van der Waals surface area contributed by atoms with Crippen molar-refractivity contribution in [2.45, 2.75) is 25.3 Å². The minimum absolute atomic E-state index is 0.198. The van der Waals surface area contributed by atoms with E-state index in [1.165, 1.54) is 0 Å². The normalized spacial score (nSPS) is 19.0. The van der Waals surface area contributed by atoms with Gasteiger partial charge in [-0.05, 0) is 11.1 Å². The second-order valence-corrected chi connectivity index (χ2v) is 5.31. The molecule has 0 aromatic heterocycles. The van der Waals surface area contributed by atoms with Gasteiger partial charge in [0.2, 0.25) is 0 Å². The Morgan fingerprint density at radius 3 is 1.52 bits per heavy atom. The van der Waals surface area contributed by atoms with Gasteiger partial charge in [0.1, 0.15) is 25.3 Å². The molecule has 118 valence electrons. The summed E-state index contributed by atoms with van der Waals surface area (Å²) in [5.74, 6) is -0.869. The molecule has 2 unspecified atom stereocenters. The molecule has 2 atom stereocenters. The SMILES string of the molecule is O=C(OCc1ccccc1)C1NC1C(=O)OCc1ccccc1. The van der Waals surface area contributed by atoms with Crippen LogP contribution >= 0.6 is 0 Å². The van der Waals surface area contributed by atoms with Crippen LogP contribution in [-0.4, -0.2) is 24.0 Å². The van der Waals surface area contributed by atoms with Crippen molar-refractivity contribution in [3.8, 4) is 0 Å². The van der Waals surface area contributed by atoms with Crippen LogP contribution in [-0.2, 0) is 32.3 Å². The maximum atomic E-state index is 11.9. The molecule has 2 aromatic rings. The summed E-state index contributed by atoms with van der Waals surface area (Å²) in [5, 5.41) is 2.79. The fourth-order valence-corrected chi connectivity index (χ4v) is 2.18. The number of rotatable bonds is 6. The first kappa shape index (κ1) is 15.2. The molecule has 1 saturated heterocycles. The van der Waals surface area contributed by atoms with Crippen molar-refractivity contribution in [2.75, 3.05) is 0 Å². The van der Waals surface area contributed by atoms with Crippen LogP contribution in [0.3, 0.4) is 0 Å². The molecule has 0 amide bonds. The third kappa shape index (κ3) is 4.17. The van der Waals surface area contributed by atoms with Crippen LogP contribution < -0.4 is 5.32 Å². The Morgan fingerprint density at radius 1 is 0.739 bits per heavy atom. The molecule has 0 aliphatic carbocycles. The number of hydrogen-bond donors (Lipinski definition) is 1. The third-order valence-electron chi connectivity index (χ3n) is 3.54. The van der Waals surface area contributed by atoms with Crippen LogP contribution in [0.2, 0.25) is 0 Å². The number of carbonyl (C=O) groups excluding carboxylic acids is 2. The molecule has 1 heterocycles. The molecule has 1 fully saturated rings. The van der Waals surface area contributed by atoms with Crippen molar-refractivity contribution in [1.29, 1.82) is 0 Å². The Morgan fingerprint density at radius 2 is 1.13 bits per heavy atom. The summed E-state index contributed by atoms with van der Waals surface area (Å²) in [4.78, 5) is 23.8. The maximum absolute atomic E-state index is 11.9. The predicted molar refractivity (Wildman–Crippen MR) is 83.2 cm³/mol. The van der Waals surface area contributed by atoms with E-state index in [0.717, 1.165) is 11.1 Å². The quantitative estimate of drug-likeness (QED) is 0.650. The van der Waals surface area contributed by atoms with Crippen molar-refractivity contribution in [1.82, 2.24) is 5.32 Å². The minimum atomic E-state index is -0.609. The maximum Gasteiger partial charge on any atom is 0.325 e. The van der Waals surface area contributed by atoms with Gasteiger partial charge in [0.25, 0.3) is 0 Å². The van der Waals surface area contributed by atoms with Crippen LogP contribution in [0.4, 0.5) is 0 Å². The Bertz CT molecular complexity index is 612. The van der Waals surface area contributed by atoms with Crippen LogP contribution in [0.25, 0.3) is 0 Å². The monoisotopic (exact) mass is 311 g/mol. The van der Waals surface area contributed by atoms with Crippen LogP contribution in [0.15, 0.2) is 60.7 Å². The Hall–Kier alpha value is -2.66. The van der Waals surface area contributed by atoms with E-state index in [2.05, 4.69) is 5.32 Å². The molecule has 0 saturated carbocycles. The van der Waals surface area contributed by atoms with Gasteiger partial charge in [0.05, 0.1) is 0 Å². The molecule has 3 rings (SSSR count). The number of benzene rings is 2. The van der Waals surface area contributed by atoms with E-state index in [1.54, 1.807) is 0 Å². The van der Waals surface area contributed by atoms with Crippen molar-refractivity contribution < 1.29 is 19.1 Å². The minimum Gasteiger partial charge on any atom is -0.460 e. The zero-order chi connectivity index (χ0) is 16.1. The van der Waals surface area contributed by atoms with Gasteiger partial charge in [0.15, 0.2) is 0 Å². The summed E-state index contributed by atoms with van der Waals surface area (Å²) in [7, 11) is 0. The van der Waals surface area contributed by atoms with E-state index in [-0.39, 0.29) is 13.2 Å². The van der Waals surface area contributed by atoms with Gasteiger partial charge < -0.3 is 9.47 Å². The van der Waals surface area contributed by atoms with Crippen molar-refractivity contribution >= 4 is 11.9 Å². The molecule has 5 heteroatoms. The molecule has 0 bridgehead atoms. The van der Waals surface area contributed by atoms with Gasteiger partial charge in [-0.2, -0.15) is 0 Å². The standard InChI is InChI=1S/C18H17NO4/c20-17(22-11-13-7-3-1-4-8-13)15-16(19-15)18(21)23-12-14-9-5-2-6-10-14/h1-10,15-16,19H,11-12H2. The van der Waals surface area contributed by atoms with Gasteiger partial charge in [-0.1, -0.05) is 60.7 Å². The molecule has 1 aliphatic rings. The predicted octanol–water partition coefficient (Wildman–Crippen LogP) is 1.81. The van der Waals surface area contributed by atoms with E-state index in [1.807, 2.05) is 60.7 Å². The van der Waals surface area contributed by atoms with Gasteiger partial charge in [-0.15, -0.1) is 0 Å². The molecule has 0 radical (unpaired) electrons. The largest absolute Gasteiger partial charge is 0.460 e. The second-order valence-electron chi connectivity index (χ2n) is 5.31. The van der Waals surface area contributed by atoms with Crippen molar-refractivity contribution in [3.63, 3.8) is 0 Å². The Labute approximate surface area is 134 Å². The lowest BCUT2D eigenvalue weighted by Gasteiger charge is -2.04. The molecule has 0 spiro atoms. The van der Waals surface area contributed by atoms with Crippen LogP contribution in [0, 0.1) is 0 Å². The van der Waals surface area contributed by atoms with Gasteiger partial charge in [0, 0.05) is 0 Å². The fraction of sp³-hybridized carbons (Fsp3) is 0.222. The first-order valence-corrected chi connectivity index (χ1v) is 7.41. The molecular formula is C18H17NO4. The highest BCUT2D eigenvalue weighted by atomic mass is 16.5. The topological polar surface area (TPSA) is 74.5 Å². The lowest BCUT2D eigenvalue weighted by Crippen LogP contribution is -2.20. The summed E-state index contributed by atoms with van der Waals surface area (Å²) in [6, 6.07) is 17.6. The van der Waals surface area contributed by atoms with Crippen LogP contribution in [0.5, 0.6) is 0 Å². The van der Waals surface area contributed by atoms with Crippen molar-refractivity contribution in [3.05, 3.63) is 71.8 Å². The molecule has 1 N–H and O–H groups in total. The van der Waals surface area contributed by atoms with E-state index in [4.69, 9.17) is 9.47 Å². The number of hydrogen-bond acceptors (Lipinski definition) is 5. The zero-order valence-electron chi connectivity index (χ0n) is 12.5. The van der Waals surface area contributed by atoms with Crippen LogP contribution in [0.1, 0.15) is 11.1 Å². The smallest absolute Gasteiger partial charge is 0.325 e. The number of ether oxygens (including phenoxy) is 2. The van der Waals surface area contributed by atoms with E-state index < -0.39 is 24.0 Å². The average molecular weight is 311 g/mol. The Balaban J connectivity index is 1.41. The first-order valence-electron chi connectivity index (χ1n) is 7.41. The third-order valence-corrected chi connectivity index (χ3v) is 3.54. The Kier molecular flexibility index (Phi) is 4.68. The van der Waals surface area contributed by atoms with Gasteiger partial charge in [-0.25, -0.2) is 0 Å². The molecular weight excluding hydrogens is 294 g/mol. The highest BCUT2D eigenvalue weighted by Gasteiger charge is 2.50. The van der Waals surface area contributed by atoms with E-state index in [0.29, 0.717) is 0 Å². The number of carbonyl (C=O) groups is 2. The van der Waals surface area contributed by atoms with Gasteiger partial charge in [-0.3, -0.25) is 14.9 Å². The molecule has 2 aromatic carbocycles. The highest BCUT2D eigenvalue weighted by molar-refractivity contribution is 5.92. The summed E-state index contributed by atoms with van der Waals surface area (Å²) in [6.45, 7) is 0.396. The summed E-state index contributed by atoms with van der Waals surface area (Å²) < 4.78 is 10.4. The van der Waals surface area contributed by atoms with E-state index >= 15 is 0 Å². The van der Waals surface area contributed by atoms with Crippen molar-refractivity contribution in [2.24, 2.45) is 0 Å². The lowest BCUT2D eigenvalue weighted by molar-refractivity contribution is -0.148. The molecule has 23 heavy (non-hydrogen) atoms. The first-order chi connectivity index (χ1) is 11.2. The highest BCUT2D eigenvalue weighted by Crippen LogP contribution is 2.16. The molecule has 1 aliphatic heterocycles. The summed E-state index contributed by atoms with van der Waals surface area (Å²) in [6.07, 6.45) is 0. The van der Waals surface area contributed by atoms with E-state index in [9.17, 15) is 9.59 Å².